The third-order valence-corrected chi connectivity index (χ3v) is 7.88. The van der Waals surface area contributed by atoms with Crippen molar-refractivity contribution in [3.8, 4) is 17.2 Å². The lowest BCUT2D eigenvalue weighted by Gasteiger charge is -2.25. The molecule has 9 heteroatoms. The Morgan fingerprint density at radius 1 is 1.15 bits per heavy atom. The Hall–Kier alpha value is -3.46. The number of nitrogens with one attached hydrogen (secondary N) is 1. The van der Waals surface area contributed by atoms with Gasteiger partial charge in [0.15, 0.2) is 0 Å². The van der Waals surface area contributed by atoms with Gasteiger partial charge >= 0.3 is 0 Å². The summed E-state index contributed by atoms with van der Waals surface area (Å²) in [6.45, 7) is 10.8. The molecule has 8 nitrogen and oxygen atoms in total. The zero-order chi connectivity index (χ0) is 28.3. The molecule has 1 aromatic heterocycles. The van der Waals surface area contributed by atoms with Gasteiger partial charge in [-0.15, -0.1) is 11.8 Å². The third-order valence-electron chi connectivity index (χ3n) is 6.64. The molecule has 0 bridgehead atoms. The average molecular weight is 551 g/mol. The van der Waals surface area contributed by atoms with Crippen LogP contribution in [0, 0.1) is 6.92 Å². The van der Waals surface area contributed by atoms with Crippen LogP contribution in [0.5, 0.6) is 11.5 Å². The number of aryl methyl sites for hydroxylation is 1. The summed E-state index contributed by atoms with van der Waals surface area (Å²) in [5.74, 6) is 1.85. The number of nitrogens with zero attached hydrogens (tertiary/aromatic N) is 3. The van der Waals surface area contributed by atoms with Crippen molar-refractivity contribution in [1.82, 2.24) is 15.1 Å². The van der Waals surface area contributed by atoms with Gasteiger partial charge in [0.25, 0.3) is 0 Å². The zero-order valence-corrected chi connectivity index (χ0v) is 24.6. The molecule has 4 rings (SSSR count). The molecule has 0 saturated carbocycles. The van der Waals surface area contributed by atoms with Crippen LogP contribution in [0.3, 0.4) is 0 Å². The fourth-order valence-corrected chi connectivity index (χ4v) is 5.98. The van der Waals surface area contributed by atoms with Crippen molar-refractivity contribution >= 4 is 29.4 Å². The number of aromatic nitrogens is 2. The predicted octanol–water partition coefficient (Wildman–Crippen LogP) is 5.19. The van der Waals surface area contributed by atoms with E-state index in [1.54, 1.807) is 19.1 Å². The zero-order valence-electron chi connectivity index (χ0n) is 23.8. The smallest absolute Gasteiger partial charge is 0.240 e. The van der Waals surface area contributed by atoms with Crippen LogP contribution in [-0.2, 0) is 15.0 Å². The monoisotopic (exact) mass is 550 g/mol. The molecule has 2 amide bonds. The molecule has 208 valence electrons. The van der Waals surface area contributed by atoms with Crippen LogP contribution >= 0.6 is 11.8 Å². The Morgan fingerprint density at radius 3 is 2.56 bits per heavy atom. The summed E-state index contributed by atoms with van der Waals surface area (Å²) in [6, 6.07) is 13.7. The second kappa shape index (κ2) is 11.7. The predicted molar refractivity (Wildman–Crippen MR) is 157 cm³/mol. The quantitative estimate of drug-likeness (QED) is 0.416. The molecule has 2 heterocycles. The summed E-state index contributed by atoms with van der Waals surface area (Å²) < 4.78 is 13.2. The van der Waals surface area contributed by atoms with E-state index in [4.69, 9.17) is 14.6 Å². The van der Waals surface area contributed by atoms with E-state index in [9.17, 15) is 9.59 Å². The molecule has 0 fully saturated rings. The summed E-state index contributed by atoms with van der Waals surface area (Å²) in [5.41, 5.74) is 4.19. The van der Waals surface area contributed by atoms with E-state index < -0.39 is 0 Å². The minimum atomic E-state index is -0.354. The van der Waals surface area contributed by atoms with Gasteiger partial charge in [0.2, 0.25) is 11.8 Å². The molecule has 2 aromatic carbocycles. The Morgan fingerprint density at radius 2 is 1.92 bits per heavy atom. The number of hydrogen-bond donors (Lipinski definition) is 1. The fourth-order valence-electron chi connectivity index (χ4n) is 4.77. The number of benzene rings is 2. The number of ether oxygens (including phenoxy) is 2. The van der Waals surface area contributed by atoms with E-state index in [-0.39, 0.29) is 34.8 Å². The van der Waals surface area contributed by atoms with Crippen molar-refractivity contribution in [2.24, 2.45) is 0 Å². The molecule has 0 aliphatic carbocycles. The van der Waals surface area contributed by atoms with E-state index in [0.29, 0.717) is 23.9 Å². The van der Waals surface area contributed by atoms with E-state index >= 15 is 0 Å². The Balaban J connectivity index is 2.04. The van der Waals surface area contributed by atoms with Crippen LogP contribution in [0.25, 0.3) is 5.69 Å². The van der Waals surface area contributed by atoms with Gasteiger partial charge in [-0.3, -0.25) is 14.5 Å². The molecule has 1 N–H and O–H groups in total. The molecule has 3 aromatic rings. The fraction of sp³-hybridized carbons (Fsp3) is 0.433. The maximum atomic E-state index is 13.8. The first-order chi connectivity index (χ1) is 18.6. The van der Waals surface area contributed by atoms with Gasteiger partial charge in [0.05, 0.1) is 36.6 Å². The standard InChI is InChI=1S/C30H38N4O4S/c1-8-14-31-24(35)17-33-25(36)18-39-27(22-16-21(37-6)12-13-23(22)38-7)26-28(30(3,4)5)32-34(29(26)33)20-11-9-10-19(2)15-20/h9-13,15-16,27H,8,14,17-18H2,1-7H3,(H,31,35)/t27-/m0/s1. The molecule has 39 heavy (non-hydrogen) atoms. The Labute approximate surface area is 235 Å². The van der Waals surface area contributed by atoms with Crippen molar-refractivity contribution in [2.75, 3.05) is 38.0 Å². The van der Waals surface area contributed by atoms with Gasteiger partial charge in [-0.1, -0.05) is 39.8 Å². The van der Waals surface area contributed by atoms with Crippen LogP contribution in [-0.4, -0.2) is 54.7 Å². The van der Waals surface area contributed by atoms with Crippen molar-refractivity contribution in [3.05, 3.63) is 64.8 Å². The first-order valence-electron chi connectivity index (χ1n) is 13.2. The van der Waals surface area contributed by atoms with E-state index in [0.717, 1.165) is 34.5 Å². The van der Waals surface area contributed by atoms with Crippen LogP contribution in [0.4, 0.5) is 5.82 Å². The van der Waals surface area contributed by atoms with Gasteiger partial charge in [0.1, 0.15) is 23.9 Å². The van der Waals surface area contributed by atoms with Crippen LogP contribution in [0.1, 0.15) is 61.7 Å². The summed E-state index contributed by atoms with van der Waals surface area (Å²) in [7, 11) is 3.28. The van der Waals surface area contributed by atoms with Crippen LogP contribution in [0.2, 0.25) is 0 Å². The Kier molecular flexibility index (Phi) is 8.59. The summed E-state index contributed by atoms with van der Waals surface area (Å²) in [6.07, 6.45) is 0.813. The van der Waals surface area contributed by atoms with Gasteiger partial charge in [0, 0.05) is 23.1 Å². The maximum absolute atomic E-state index is 13.8. The second-order valence-corrected chi connectivity index (χ2v) is 11.8. The van der Waals surface area contributed by atoms with E-state index in [1.807, 2.05) is 61.0 Å². The lowest BCUT2D eigenvalue weighted by atomic mass is 9.87. The number of carbonyl (C=O) groups is 2. The highest BCUT2D eigenvalue weighted by Gasteiger charge is 2.40. The number of amides is 2. The topological polar surface area (TPSA) is 85.7 Å². The number of rotatable bonds is 8. The van der Waals surface area contributed by atoms with Crippen molar-refractivity contribution in [2.45, 2.75) is 51.7 Å². The van der Waals surface area contributed by atoms with Crippen molar-refractivity contribution < 1.29 is 19.1 Å². The molecular weight excluding hydrogens is 512 g/mol. The van der Waals surface area contributed by atoms with Gasteiger partial charge < -0.3 is 14.8 Å². The average Bonchev–Trinajstić information content (AvgIpc) is 3.25. The molecular formula is C30H38N4O4S. The molecule has 1 aliphatic rings. The highest BCUT2D eigenvalue weighted by molar-refractivity contribution is 8.00. The number of fused-ring (bicyclic) bond motifs is 1. The highest BCUT2D eigenvalue weighted by Crippen LogP contribution is 2.50. The molecule has 1 aliphatic heterocycles. The normalized spacial score (nSPS) is 15.5. The van der Waals surface area contributed by atoms with Crippen molar-refractivity contribution in [1.29, 1.82) is 0 Å². The largest absolute Gasteiger partial charge is 0.497 e. The van der Waals surface area contributed by atoms with Gasteiger partial charge in [-0.25, -0.2) is 4.68 Å². The molecule has 0 spiro atoms. The van der Waals surface area contributed by atoms with E-state index in [1.165, 1.54) is 11.8 Å². The third kappa shape index (κ3) is 5.93. The lowest BCUT2D eigenvalue weighted by Crippen LogP contribution is -2.42. The molecule has 0 radical (unpaired) electrons. The van der Waals surface area contributed by atoms with Gasteiger partial charge in [-0.2, -0.15) is 5.10 Å². The second-order valence-electron chi connectivity index (χ2n) is 10.7. The minimum Gasteiger partial charge on any atom is -0.497 e. The first kappa shape index (κ1) is 28.5. The number of hydrogen-bond acceptors (Lipinski definition) is 6. The summed E-state index contributed by atoms with van der Waals surface area (Å²) >= 11 is 1.52. The number of methoxy groups -OCH3 is 2. The minimum absolute atomic E-state index is 0.0878. The van der Waals surface area contributed by atoms with Crippen LogP contribution in [0.15, 0.2) is 42.5 Å². The summed E-state index contributed by atoms with van der Waals surface area (Å²) in [4.78, 5) is 28.4. The molecule has 1 atom stereocenters. The summed E-state index contributed by atoms with van der Waals surface area (Å²) in [5, 5.41) is 7.79. The van der Waals surface area contributed by atoms with Gasteiger partial charge in [-0.05, 0) is 49.2 Å². The van der Waals surface area contributed by atoms with Crippen LogP contribution < -0.4 is 19.7 Å². The maximum Gasteiger partial charge on any atom is 0.240 e. The lowest BCUT2D eigenvalue weighted by molar-refractivity contribution is -0.122. The number of thioether (sulfide) groups is 1. The SMILES string of the molecule is CCCNC(=O)CN1C(=O)CS[C@@H](c2cc(OC)ccc2OC)c2c(C(C)(C)C)nn(-c3cccc(C)c3)c21. The number of carbonyl (C=O) groups excluding carboxylic acids is 2. The highest BCUT2D eigenvalue weighted by atomic mass is 32.2. The van der Waals surface area contributed by atoms with E-state index in [2.05, 4.69) is 26.1 Å². The first-order valence-corrected chi connectivity index (χ1v) is 14.2. The Bertz CT molecular complexity index is 1360. The number of anilines is 1. The molecule has 0 unspecified atom stereocenters. The van der Waals surface area contributed by atoms with Crippen molar-refractivity contribution in [3.63, 3.8) is 0 Å². The molecule has 0 saturated heterocycles.